The van der Waals surface area contributed by atoms with Crippen molar-refractivity contribution in [2.45, 2.75) is 39.3 Å². The van der Waals surface area contributed by atoms with E-state index >= 15 is 0 Å². The number of tetrazole rings is 1. The molecule has 1 aliphatic rings. The maximum Gasteiger partial charge on any atom is 0.173 e. The molecule has 29 heavy (non-hydrogen) atoms. The van der Waals surface area contributed by atoms with Crippen LogP contribution in [0.4, 0.5) is 5.69 Å². The standard InChI is InChI=1S/C23H30N6/c1-18-10-12-19(13-11-18)21(22-24-25-26-29(22)23(2,3)4)28-16-14-27(15-17-28)20-8-6-5-7-9-20/h5-13,21H,14-17H2,1-4H3. The molecule has 0 spiro atoms. The molecule has 0 bridgehead atoms. The van der Waals surface area contributed by atoms with Crippen LogP contribution in [0, 0.1) is 6.92 Å². The van der Waals surface area contributed by atoms with Crippen molar-refractivity contribution in [3.63, 3.8) is 0 Å². The molecule has 1 saturated heterocycles. The molecule has 6 heteroatoms. The predicted octanol–water partition coefficient (Wildman–Crippen LogP) is 3.65. The predicted molar refractivity (Wildman–Crippen MR) is 116 cm³/mol. The van der Waals surface area contributed by atoms with E-state index < -0.39 is 0 Å². The minimum atomic E-state index is -0.173. The van der Waals surface area contributed by atoms with Gasteiger partial charge in [-0.25, -0.2) is 4.68 Å². The summed E-state index contributed by atoms with van der Waals surface area (Å²) in [7, 11) is 0. The number of piperazine rings is 1. The van der Waals surface area contributed by atoms with Gasteiger partial charge in [-0.05, 0) is 55.8 Å². The molecule has 0 radical (unpaired) electrons. The number of anilines is 1. The molecule has 2 heterocycles. The second-order valence-electron chi connectivity index (χ2n) is 8.79. The van der Waals surface area contributed by atoms with E-state index in [-0.39, 0.29) is 11.6 Å². The number of hydrogen-bond acceptors (Lipinski definition) is 5. The molecular formula is C23H30N6. The highest BCUT2D eigenvalue weighted by Crippen LogP contribution is 2.31. The highest BCUT2D eigenvalue weighted by Gasteiger charge is 2.33. The zero-order chi connectivity index (χ0) is 20.4. The van der Waals surface area contributed by atoms with Crippen LogP contribution in [0.5, 0.6) is 0 Å². The fourth-order valence-corrected chi connectivity index (χ4v) is 3.99. The molecule has 1 aliphatic heterocycles. The Kier molecular flexibility index (Phi) is 5.37. The van der Waals surface area contributed by atoms with Gasteiger partial charge in [0.05, 0.1) is 11.6 Å². The summed E-state index contributed by atoms with van der Waals surface area (Å²) in [4.78, 5) is 4.97. The van der Waals surface area contributed by atoms with Crippen molar-refractivity contribution in [2.24, 2.45) is 0 Å². The van der Waals surface area contributed by atoms with Crippen molar-refractivity contribution in [3.8, 4) is 0 Å². The molecule has 0 saturated carbocycles. The molecule has 152 valence electrons. The van der Waals surface area contributed by atoms with Gasteiger partial charge in [0, 0.05) is 31.9 Å². The van der Waals surface area contributed by atoms with Crippen molar-refractivity contribution in [2.75, 3.05) is 31.1 Å². The van der Waals surface area contributed by atoms with E-state index in [1.807, 2.05) is 4.68 Å². The number of nitrogens with zero attached hydrogens (tertiary/aromatic N) is 6. The van der Waals surface area contributed by atoms with Crippen LogP contribution in [0.15, 0.2) is 54.6 Å². The van der Waals surface area contributed by atoms with E-state index in [0.717, 1.165) is 32.0 Å². The van der Waals surface area contributed by atoms with Gasteiger partial charge in [-0.15, -0.1) is 5.10 Å². The zero-order valence-electron chi connectivity index (χ0n) is 17.8. The molecule has 1 aromatic heterocycles. The lowest BCUT2D eigenvalue weighted by Gasteiger charge is -2.40. The van der Waals surface area contributed by atoms with Gasteiger partial charge in [-0.1, -0.05) is 48.0 Å². The van der Waals surface area contributed by atoms with Crippen LogP contribution in [0.25, 0.3) is 0 Å². The van der Waals surface area contributed by atoms with Crippen molar-refractivity contribution in [1.82, 2.24) is 25.1 Å². The molecule has 3 aromatic rings. The lowest BCUT2D eigenvalue weighted by molar-refractivity contribution is 0.191. The fourth-order valence-electron chi connectivity index (χ4n) is 3.99. The largest absolute Gasteiger partial charge is 0.369 e. The second-order valence-corrected chi connectivity index (χ2v) is 8.79. The summed E-state index contributed by atoms with van der Waals surface area (Å²) in [5.74, 6) is 0.912. The van der Waals surface area contributed by atoms with Gasteiger partial charge >= 0.3 is 0 Å². The van der Waals surface area contributed by atoms with Crippen LogP contribution in [0.2, 0.25) is 0 Å². The summed E-state index contributed by atoms with van der Waals surface area (Å²) in [6.07, 6.45) is 0. The Bertz CT molecular complexity index is 918. The topological polar surface area (TPSA) is 50.1 Å². The summed E-state index contributed by atoms with van der Waals surface area (Å²) in [5, 5.41) is 12.8. The zero-order valence-corrected chi connectivity index (χ0v) is 17.8. The molecule has 4 rings (SSSR count). The average molecular weight is 391 g/mol. The van der Waals surface area contributed by atoms with Gasteiger partial charge < -0.3 is 4.90 Å². The molecule has 1 unspecified atom stereocenters. The molecule has 1 fully saturated rings. The molecule has 0 N–H and O–H groups in total. The SMILES string of the molecule is Cc1ccc(C(c2nnnn2C(C)(C)C)N2CCN(c3ccccc3)CC2)cc1. The Balaban J connectivity index is 1.64. The maximum atomic E-state index is 4.48. The lowest BCUT2D eigenvalue weighted by Crippen LogP contribution is -2.48. The van der Waals surface area contributed by atoms with Crippen molar-refractivity contribution in [3.05, 3.63) is 71.5 Å². The van der Waals surface area contributed by atoms with Crippen molar-refractivity contribution >= 4 is 5.69 Å². The Labute approximate surface area is 173 Å². The summed E-state index contributed by atoms with van der Waals surface area (Å²) in [6.45, 7) is 12.5. The number of para-hydroxylation sites is 1. The Morgan fingerprint density at radius 3 is 2.14 bits per heavy atom. The summed E-state index contributed by atoms with van der Waals surface area (Å²) < 4.78 is 1.97. The molecule has 1 atom stereocenters. The summed E-state index contributed by atoms with van der Waals surface area (Å²) in [5.41, 5.74) is 3.62. The van der Waals surface area contributed by atoms with Crippen LogP contribution in [0.3, 0.4) is 0 Å². The normalized spacial score (nSPS) is 16.8. The third-order valence-electron chi connectivity index (χ3n) is 5.57. The van der Waals surface area contributed by atoms with E-state index in [4.69, 9.17) is 0 Å². The van der Waals surface area contributed by atoms with Crippen molar-refractivity contribution < 1.29 is 0 Å². The van der Waals surface area contributed by atoms with Gasteiger partial charge in [-0.3, -0.25) is 4.90 Å². The second kappa shape index (κ2) is 7.95. The van der Waals surface area contributed by atoms with Crippen molar-refractivity contribution in [1.29, 1.82) is 0 Å². The Morgan fingerprint density at radius 2 is 1.52 bits per heavy atom. The third-order valence-corrected chi connectivity index (χ3v) is 5.57. The van der Waals surface area contributed by atoms with Gasteiger partial charge in [-0.2, -0.15) is 0 Å². The van der Waals surface area contributed by atoms with Gasteiger partial charge in [0.25, 0.3) is 0 Å². The fraction of sp³-hybridized carbons (Fsp3) is 0.435. The van der Waals surface area contributed by atoms with E-state index in [0.29, 0.717) is 0 Å². The molecule has 2 aromatic carbocycles. The van der Waals surface area contributed by atoms with Crippen LogP contribution >= 0.6 is 0 Å². The number of aryl methyl sites for hydroxylation is 1. The minimum Gasteiger partial charge on any atom is -0.369 e. The Morgan fingerprint density at radius 1 is 0.862 bits per heavy atom. The first-order valence-electron chi connectivity index (χ1n) is 10.3. The lowest BCUT2D eigenvalue weighted by atomic mass is 10.0. The smallest absolute Gasteiger partial charge is 0.173 e. The molecule has 0 aliphatic carbocycles. The van der Waals surface area contributed by atoms with E-state index in [2.05, 4.69) is 108 Å². The number of aromatic nitrogens is 4. The Hall–Kier alpha value is -2.73. The van der Waals surface area contributed by atoms with Crippen LogP contribution < -0.4 is 4.90 Å². The first kappa shape index (κ1) is 19.6. The van der Waals surface area contributed by atoms with Gasteiger partial charge in [0.15, 0.2) is 5.82 Å². The summed E-state index contributed by atoms with van der Waals surface area (Å²) in [6, 6.07) is 19.5. The number of benzene rings is 2. The van der Waals surface area contributed by atoms with Crippen LogP contribution in [0.1, 0.15) is 43.8 Å². The minimum absolute atomic E-state index is 0.0442. The number of rotatable bonds is 4. The van der Waals surface area contributed by atoms with Crippen LogP contribution in [-0.4, -0.2) is 51.3 Å². The maximum absolute atomic E-state index is 4.48. The van der Waals surface area contributed by atoms with E-state index in [1.165, 1.54) is 16.8 Å². The van der Waals surface area contributed by atoms with E-state index in [1.54, 1.807) is 0 Å². The molecule has 0 amide bonds. The quantitative estimate of drug-likeness (QED) is 0.681. The first-order chi connectivity index (χ1) is 13.9. The first-order valence-corrected chi connectivity index (χ1v) is 10.3. The number of hydrogen-bond donors (Lipinski definition) is 0. The monoisotopic (exact) mass is 390 g/mol. The van der Waals surface area contributed by atoms with E-state index in [9.17, 15) is 0 Å². The average Bonchev–Trinajstić information content (AvgIpc) is 3.21. The highest BCUT2D eigenvalue weighted by molar-refractivity contribution is 5.46. The molecule has 6 nitrogen and oxygen atoms in total. The van der Waals surface area contributed by atoms with Gasteiger partial charge in [0.1, 0.15) is 0 Å². The third kappa shape index (κ3) is 4.17. The summed E-state index contributed by atoms with van der Waals surface area (Å²) >= 11 is 0. The van der Waals surface area contributed by atoms with Crippen LogP contribution in [-0.2, 0) is 5.54 Å². The molecular weight excluding hydrogens is 360 g/mol. The highest BCUT2D eigenvalue weighted by atomic mass is 15.6. The van der Waals surface area contributed by atoms with Gasteiger partial charge in [0.2, 0.25) is 0 Å².